The highest BCUT2D eigenvalue weighted by Crippen LogP contribution is 2.20. The minimum Gasteiger partial charge on any atom is -0.482 e. The summed E-state index contributed by atoms with van der Waals surface area (Å²) in [5, 5.41) is 0. The summed E-state index contributed by atoms with van der Waals surface area (Å²) in [5.41, 5.74) is 8.34. The lowest BCUT2D eigenvalue weighted by Crippen LogP contribution is -2.18. The number of aldehydes is 1. The van der Waals surface area contributed by atoms with Gasteiger partial charge in [-0.25, -0.2) is 4.79 Å². The van der Waals surface area contributed by atoms with E-state index in [0.717, 1.165) is 23.0 Å². The van der Waals surface area contributed by atoms with Gasteiger partial charge in [-0.3, -0.25) is 0 Å². The van der Waals surface area contributed by atoms with E-state index in [-0.39, 0.29) is 19.1 Å². The van der Waals surface area contributed by atoms with Crippen molar-refractivity contribution in [3.63, 3.8) is 0 Å². The molecular formula is C19H21NO4. The van der Waals surface area contributed by atoms with E-state index in [1.807, 2.05) is 26.0 Å². The third-order valence-electron chi connectivity index (χ3n) is 3.64. The van der Waals surface area contributed by atoms with Crippen molar-refractivity contribution in [2.24, 2.45) is 5.73 Å². The average Bonchev–Trinajstić information content (AvgIpc) is 2.58. The van der Waals surface area contributed by atoms with Crippen molar-refractivity contribution >= 4 is 12.3 Å². The predicted octanol–water partition coefficient (Wildman–Crippen LogP) is 2.53. The van der Waals surface area contributed by atoms with E-state index in [2.05, 4.69) is 0 Å². The lowest BCUT2D eigenvalue weighted by Gasteiger charge is -2.11. The Kier molecular flexibility index (Phi) is 6.09. The fourth-order valence-electron chi connectivity index (χ4n) is 2.29. The number of nitrogens with two attached hydrogens (primary N) is 1. The van der Waals surface area contributed by atoms with Crippen LogP contribution in [0.2, 0.25) is 0 Å². The Morgan fingerprint density at radius 2 is 1.88 bits per heavy atom. The molecule has 0 saturated carbocycles. The molecule has 0 fully saturated rings. The highest BCUT2D eigenvalue weighted by Gasteiger charge is 2.10. The Labute approximate surface area is 141 Å². The molecule has 0 aliphatic heterocycles. The number of aryl methyl sites for hydroxylation is 2. The number of esters is 1. The summed E-state index contributed by atoms with van der Waals surface area (Å²) in [6.45, 7) is 3.92. The summed E-state index contributed by atoms with van der Waals surface area (Å²) in [7, 11) is 0. The zero-order chi connectivity index (χ0) is 17.5. The lowest BCUT2D eigenvalue weighted by molar-refractivity contribution is -0.136. The lowest BCUT2D eigenvalue weighted by atomic mass is 10.0. The molecular weight excluding hydrogens is 306 g/mol. The molecule has 24 heavy (non-hydrogen) atoms. The van der Waals surface area contributed by atoms with Gasteiger partial charge in [-0.2, -0.15) is 0 Å². The molecule has 1 atom stereocenters. The van der Waals surface area contributed by atoms with E-state index in [0.29, 0.717) is 11.5 Å². The fraction of sp³-hybridized carbons (Fsp3) is 0.263. The van der Waals surface area contributed by atoms with Gasteiger partial charge in [-0.1, -0.05) is 29.8 Å². The van der Waals surface area contributed by atoms with Crippen LogP contribution < -0.4 is 15.2 Å². The molecule has 0 aromatic heterocycles. The molecule has 126 valence electrons. The normalized spacial score (nSPS) is 11.6. The largest absolute Gasteiger partial charge is 0.482 e. The van der Waals surface area contributed by atoms with Crippen molar-refractivity contribution in [1.29, 1.82) is 0 Å². The minimum absolute atomic E-state index is 0.194. The van der Waals surface area contributed by atoms with Gasteiger partial charge in [0.25, 0.3) is 0 Å². The molecule has 0 aliphatic carbocycles. The van der Waals surface area contributed by atoms with E-state index >= 15 is 0 Å². The number of carbonyl (C=O) groups excluding carboxylic acids is 2. The van der Waals surface area contributed by atoms with Gasteiger partial charge < -0.3 is 20.0 Å². The van der Waals surface area contributed by atoms with Crippen molar-refractivity contribution in [3.8, 4) is 11.5 Å². The highest BCUT2D eigenvalue weighted by molar-refractivity contribution is 5.74. The first-order chi connectivity index (χ1) is 11.5. The maximum atomic E-state index is 11.9. The maximum Gasteiger partial charge on any atom is 0.349 e. The van der Waals surface area contributed by atoms with Crippen LogP contribution in [0, 0.1) is 13.8 Å². The Morgan fingerprint density at radius 1 is 1.17 bits per heavy atom. The predicted molar refractivity (Wildman–Crippen MR) is 91.3 cm³/mol. The molecule has 0 heterocycles. The van der Waals surface area contributed by atoms with E-state index in [9.17, 15) is 9.59 Å². The van der Waals surface area contributed by atoms with E-state index in [4.69, 9.17) is 15.2 Å². The second kappa shape index (κ2) is 8.26. The van der Waals surface area contributed by atoms with Crippen molar-refractivity contribution in [2.45, 2.75) is 19.8 Å². The van der Waals surface area contributed by atoms with E-state index < -0.39 is 5.97 Å². The molecule has 1 unspecified atom stereocenters. The summed E-state index contributed by atoms with van der Waals surface area (Å²) in [5.74, 6) is 0.256. The topological polar surface area (TPSA) is 78.6 Å². The van der Waals surface area contributed by atoms with Crippen LogP contribution in [0.3, 0.4) is 0 Å². The van der Waals surface area contributed by atoms with Crippen LogP contribution in [0.1, 0.15) is 22.6 Å². The first-order valence-corrected chi connectivity index (χ1v) is 7.69. The average molecular weight is 327 g/mol. The van der Waals surface area contributed by atoms with Gasteiger partial charge >= 0.3 is 5.97 Å². The van der Waals surface area contributed by atoms with Crippen LogP contribution in [-0.4, -0.2) is 25.4 Å². The molecule has 5 heteroatoms. The Hall–Kier alpha value is -2.66. The fourth-order valence-corrected chi connectivity index (χ4v) is 2.29. The molecule has 0 saturated heterocycles. The molecule has 2 N–H and O–H groups in total. The smallest absolute Gasteiger partial charge is 0.349 e. The van der Waals surface area contributed by atoms with E-state index in [1.165, 1.54) is 0 Å². The summed E-state index contributed by atoms with van der Waals surface area (Å²) in [6, 6.07) is 12.5. The van der Waals surface area contributed by atoms with Gasteiger partial charge in [-0.05, 0) is 43.2 Å². The van der Waals surface area contributed by atoms with Crippen molar-refractivity contribution in [3.05, 3.63) is 59.2 Å². The third-order valence-corrected chi connectivity index (χ3v) is 3.64. The second-order valence-electron chi connectivity index (χ2n) is 5.58. The number of benzene rings is 2. The zero-order valence-electron chi connectivity index (χ0n) is 13.8. The van der Waals surface area contributed by atoms with Crippen LogP contribution in [0.4, 0.5) is 0 Å². The van der Waals surface area contributed by atoms with Gasteiger partial charge in [0.05, 0.1) is 5.92 Å². The summed E-state index contributed by atoms with van der Waals surface area (Å²) >= 11 is 0. The molecule has 0 radical (unpaired) electrons. The summed E-state index contributed by atoms with van der Waals surface area (Å²) < 4.78 is 10.7. The van der Waals surface area contributed by atoms with Gasteiger partial charge in [0.15, 0.2) is 6.61 Å². The molecule has 0 aliphatic rings. The molecule has 2 rings (SSSR count). The van der Waals surface area contributed by atoms with Crippen LogP contribution in [-0.2, 0) is 9.59 Å². The number of hydrogen-bond donors (Lipinski definition) is 1. The zero-order valence-corrected chi connectivity index (χ0v) is 13.8. The Bertz CT molecular complexity index is 710. The van der Waals surface area contributed by atoms with Crippen LogP contribution >= 0.6 is 0 Å². The monoisotopic (exact) mass is 327 g/mol. The standard InChI is InChI=1S/C19H21NO4/c1-13-3-8-18(14(2)9-13)24-19(22)12-23-17-6-4-15(5-7-17)16(10-20)11-21/h3-9,11,16H,10,12,20H2,1-2H3. The van der Waals surface area contributed by atoms with Crippen LogP contribution in [0.5, 0.6) is 11.5 Å². The molecule has 2 aromatic carbocycles. The quantitative estimate of drug-likeness (QED) is 0.480. The Balaban J connectivity index is 1.90. The van der Waals surface area contributed by atoms with Gasteiger partial charge in [0, 0.05) is 6.54 Å². The van der Waals surface area contributed by atoms with Crippen molar-refractivity contribution in [1.82, 2.24) is 0 Å². The number of rotatable bonds is 7. The van der Waals surface area contributed by atoms with Crippen molar-refractivity contribution < 1.29 is 19.1 Å². The molecule has 0 bridgehead atoms. The van der Waals surface area contributed by atoms with Gasteiger partial charge in [0.1, 0.15) is 17.8 Å². The highest BCUT2D eigenvalue weighted by atomic mass is 16.6. The van der Waals surface area contributed by atoms with Crippen LogP contribution in [0.15, 0.2) is 42.5 Å². The Morgan fingerprint density at radius 3 is 2.46 bits per heavy atom. The van der Waals surface area contributed by atoms with Gasteiger partial charge in [-0.15, -0.1) is 0 Å². The number of carbonyl (C=O) groups is 2. The first kappa shape index (κ1) is 17.7. The maximum absolute atomic E-state index is 11.9. The second-order valence-corrected chi connectivity index (χ2v) is 5.58. The molecule has 2 aromatic rings. The van der Waals surface area contributed by atoms with E-state index in [1.54, 1.807) is 30.3 Å². The van der Waals surface area contributed by atoms with Crippen molar-refractivity contribution in [2.75, 3.05) is 13.2 Å². The number of hydrogen-bond acceptors (Lipinski definition) is 5. The molecule has 0 spiro atoms. The number of ether oxygens (including phenoxy) is 2. The minimum atomic E-state index is -0.473. The SMILES string of the molecule is Cc1ccc(OC(=O)COc2ccc(C(C=O)CN)cc2)c(C)c1. The summed E-state index contributed by atoms with van der Waals surface area (Å²) in [6.07, 6.45) is 0.817. The first-order valence-electron chi connectivity index (χ1n) is 7.69. The molecule has 0 amide bonds. The summed E-state index contributed by atoms with van der Waals surface area (Å²) in [4.78, 5) is 22.8. The van der Waals surface area contributed by atoms with Crippen LogP contribution in [0.25, 0.3) is 0 Å². The third kappa shape index (κ3) is 4.67. The van der Waals surface area contributed by atoms with Gasteiger partial charge in [0.2, 0.25) is 0 Å². The molecule has 5 nitrogen and oxygen atoms in total.